The summed E-state index contributed by atoms with van der Waals surface area (Å²) in [5.41, 5.74) is 1.25. The molecule has 0 spiro atoms. The van der Waals surface area contributed by atoms with Gasteiger partial charge in [-0.3, -0.25) is 4.79 Å². The number of likely N-dealkylation sites (tertiary alicyclic amines) is 1. The lowest BCUT2D eigenvalue weighted by molar-refractivity contribution is -0.130. The van der Waals surface area contributed by atoms with Crippen molar-refractivity contribution in [3.8, 4) is 0 Å². The molecule has 1 atom stereocenters. The van der Waals surface area contributed by atoms with E-state index in [1.165, 1.54) is 5.56 Å². The molecule has 1 unspecified atom stereocenters. The van der Waals surface area contributed by atoms with Crippen LogP contribution < -0.4 is 0 Å². The molecule has 1 aliphatic heterocycles. The second-order valence-electron chi connectivity index (χ2n) is 5.12. The Balaban J connectivity index is 1.74. The molecule has 1 amide bonds. The molecule has 1 saturated heterocycles. The molecule has 0 saturated carbocycles. The van der Waals surface area contributed by atoms with Crippen molar-refractivity contribution in [1.82, 2.24) is 4.90 Å². The molecule has 1 fully saturated rings. The number of aryl methyl sites for hydroxylation is 1. The van der Waals surface area contributed by atoms with Gasteiger partial charge in [-0.05, 0) is 30.9 Å². The summed E-state index contributed by atoms with van der Waals surface area (Å²) in [6.45, 7) is 1.73. The number of benzene rings is 1. The first-order valence-electron chi connectivity index (χ1n) is 6.82. The van der Waals surface area contributed by atoms with Gasteiger partial charge in [0.2, 0.25) is 5.91 Å². The van der Waals surface area contributed by atoms with Crippen LogP contribution in [-0.4, -0.2) is 35.6 Å². The van der Waals surface area contributed by atoms with Gasteiger partial charge in [0.05, 0.1) is 0 Å². The lowest BCUT2D eigenvalue weighted by atomic mass is 10.1. The van der Waals surface area contributed by atoms with Gasteiger partial charge in [-0.15, -0.1) is 0 Å². The molecule has 1 aliphatic rings. The molecule has 0 bridgehead atoms. The second-order valence-corrected chi connectivity index (χ2v) is 5.98. The maximum absolute atomic E-state index is 12.0. The molecule has 104 valence electrons. The predicted molar refractivity (Wildman–Crippen MR) is 78.9 cm³/mol. The number of halogens is 1. The van der Waals surface area contributed by atoms with E-state index in [1.807, 2.05) is 23.1 Å². The van der Waals surface area contributed by atoms with Crippen LogP contribution in [-0.2, 0) is 11.2 Å². The van der Waals surface area contributed by atoms with Crippen LogP contribution in [0, 0.1) is 5.92 Å². The zero-order valence-electron chi connectivity index (χ0n) is 11.0. The van der Waals surface area contributed by atoms with E-state index in [-0.39, 0.29) is 18.4 Å². The zero-order chi connectivity index (χ0) is 13.7. The van der Waals surface area contributed by atoms with E-state index in [0.717, 1.165) is 36.8 Å². The largest absolute Gasteiger partial charge is 0.396 e. The smallest absolute Gasteiger partial charge is 0.222 e. The molecule has 0 aliphatic carbocycles. The Labute approximate surface area is 122 Å². The number of aliphatic hydroxyl groups is 1. The molecular weight excluding hydrogens is 306 g/mol. The Hall–Kier alpha value is -0.870. The summed E-state index contributed by atoms with van der Waals surface area (Å²) >= 11 is 3.52. The van der Waals surface area contributed by atoms with Crippen LogP contribution in [0.15, 0.2) is 28.7 Å². The standard InChI is InChI=1S/C15H20BrNO2/c16-14-6-2-1-4-13(14)5-3-7-15(19)17-9-8-12(10-17)11-18/h1-2,4,6,12,18H,3,5,7-11H2. The molecule has 0 radical (unpaired) electrons. The SMILES string of the molecule is O=C(CCCc1ccccc1Br)N1CCC(CO)C1. The third-order valence-corrected chi connectivity index (χ3v) is 4.46. The summed E-state index contributed by atoms with van der Waals surface area (Å²) in [6.07, 6.45) is 3.33. The van der Waals surface area contributed by atoms with Crippen LogP contribution in [0.5, 0.6) is 0 Å². The minimum absolute atomic E-state index is 0.195. The zero-order valence-corrected chi connectivity index (χ0v) is 12.6. The third-order valence-electron chi connectivity index (χ3n) is 3.69. The number of amides is 1. The van der Waals surface area contributed by atoms with Gasteiger partial charge in [0.15, 0.2) is 0 Å². The molecule has 19 heavy (non-hydrogen) atoms. The summed E-state index contributed by atoms with van der Waals surface area (Å²) in [7, 11) is 0. The monoisotopic (exact) mass is 325 g/mol. The number of carbonyl (C=O) groups excluding carboxylic acids is 1. The van der Waals surface area contributed by atoms with Gasteiger partial charge in [0.1, 0.15) is 0 Å². The Morgan fingerprint density at radius 2 is 2.21 bits per heavy atom. The number of hydrogen-bond donors (Lipinski definition) is 1. The fourth-order valence-corrected chi connectivity index (χ4v) is 2.98. The van der Waals surface area contributed by atoms with Crippen LogP contribution in [0.4, 0.5) is 0 Å². The Morgan fingerprint density at radius 1 is 1.42 bits per heavy atom. The average molecular weight is 326 g/mol. The van der Waals surface area contributed by atoms with Crippen LogP contribution in [0.3, 0.4) is 0 Å². The fraction of sp³-hybridized carbons (Fsp3) is 0.533. The maximum atomic E-state index is 12.0. The van der Waals surface area contributed by atoms with Crippen LogP contribution in [0.1, 0.15) is 24.8 Å². The maximum Gasteiger partial charge on any atom is 0.222 e. The highest BCUT2D eigenvalue weighted by Gasteiger charge is 2.24. The normalized spacial score (nSPS) is 18.8. The summed E-state index contributed by atoms with van der Waals surface area (Å²) in [6, 6.07) is 8.14. The quantitative estimate of drug-likeness (QED) is 0.904. The van der Waals surface area contributed by atoms with E-state index in [2.05, 4.69) is 22.0 Å². The summed E-state index contributed by atoms with van der Waals surface area (Å²) < 4.78 is 1.11. The number of nitrogens with zero attached hydrogens (tertiary/aromatic N) is 1. The van der Waals surface area contributed by atoms with Crippen LogP contribution >= 0.6 is 15.9 Å². The van der Waals surface area contributed by atoms with E-state index in [0.29, 0.717) is 6.42 Å². The molecule has 1 N–H and O–H groups in total. The predicted octanol–water partition coefficient (Wildman–Crippen LogP) is 2.61. The van der Waals surface area contributed by atoms with Gasteiger partial charge >= 0.3 is 0 Å². The van der Waals surface area contributed by atoms with Gasteiger partial charge in [-0.1, -0.05) is 34.1 Å². The molecule has 2 rings (SSSR count). The van der Waals surface area contributed by atoms with E-state index >= 15 is 0 Å². The number of rotatable bonds is 5. The van der Waals surface area contributed by atoms with Crippen molar-refractivity contribution in [2.24, 2.45) is 5.92 Å². The number of aliphatic hydroxyl groups excluding tert-OH is 1. The van der Waals surface area contributed by atoms with Crippen LogP contribution in [0.2, 0.25) is 0 Å². The van der Waals surface area contributed by atoms with Crippen molar-refractivity contribution in [1.29, 1.82) is 0 Å². The minimum Gasteiger partial charge on any atom is -0.396 e. The van der Waals surface area contributed by atoms with E-state index in [1.54, 1.807) is 0 Å². The highest BCUT2D eigenvalue weighted by Crippen LogP contribution is 2.20. The van der Waals surface area contributed by atoms with Gasteiger partial charge in [-0.2, -0.15) is 0 Å². The third kappa shape index (κ3) is 4.05. The van der Waals surface area contributed by atoms with Crippen molar-refractivity contribution in [2.75, 3.05) is 19.7 Å². The Morgan fingerprint density at radius 3 is 2.89 bits per heavy atom. The van der Waals surface area contributed by atoms with Crippen molar-refractivity contribution in [2.45, 2.75) is 25.7 Å². The fourth-order valence-electron chi connectivity index (χ4n) is 2.50. The summed E-state index contributed by atoms with van der Waals surface area (Å²) in [5, 5.41) is 9.08. The van der Waals surface area contributed by atoms with Crippen molar-refractivity contribution in [3.05, 3.63) is 34.3 Å². The molecular formula is C15H20BrNO2. The Bertz CT molecular complexity index is 436. The first-order valence-corrected chi connectivity index (χ1v) is 7.62. The highest BCUT2D eigenvalue weighted by atomic mass is 79.9. The van der Waals surface area contributed by atoms with Crippen molar-refractivity contribution in [3.63, 3.8) is 0 Å². The van der Waals surface area contributed by atoms with Crippen molar-refractivity contribution < 1.29 is 9.90 Å². The molecule has 4 heteroatoms. The average Bonchev–Trinajstić information content (AvgIpc) is 2.90. The minimum atomic E-state index is 0.195. The van der Waals surface area contributed by atoms with Gasteiger partial charge in [0, 0.05) is 36.5 Å². The number of carbonyl (C=O) groups is 1. The lowest BCUT2D eigenvalue weighted by Gasteiger charge is -2.16. The van der Waals surface area contributed by atoms with E-state index in [4.69, 9.17) is 5.11 Å². The van der Waals surface area contributed by atoms with Gasteiger partial charge in [-0.25, -0.2) is 0 Å². The number of hydrogen-bond acceptors (Lipinski definition) is 2. The van der Waals surface area contributed by atoms with E-state index < -0.39 is 0 Å². The summed E-state index contributed by atoms with van der Waals surface area (Å²) in [4.78, 5) is 13.9. The first kappa shape index (κ1) is 14.5. The molecule has 3 nitrogen and oxygen atoms in total. The van der Waals surface area contributed by atoms with Gasteiger partial charge < -0.3 is 10.0 Å². The molecule has 1 heterocycles. The molecule has 0 aromatic heterocycles. The summed E-state index contributed by atoms with van der Waals surface area (Å²) in [5.74, 6) is 0.509. The highest BCUT2D eigenvalue weighted by molar-refractivity contribution is 9.10. The topological polar surface area (TPSA) is 40.5 Å². The second kappa shape index (κ2) is 7.06. The Kier molecular flexibility index (Phi) is 5.40. The lowest BCUT2D eigenvalue weighted by Crippen LogP contribution is -2.28. The molecule has 1 aromatic rings. The van der Waals surface area contributed by atoms with Crippen LogP contribution in [0.25, 0.3) is 0 Å². The van der Waals surface area contributed by atoms with E-state index in [9.17, 15) is 4.79 Å². The van der Waals surface area contributed by atoms with Gasteiger partial charge in [0.25, 0.3) is 0 Å². The molecule has 1 aromatic carbocycles. The van der Waals surface area contributed by atoms with Crippen molar-refractivity contribution >= 4 is 21.8 Å². The first-order chi connectivity index (χ1) is 9.20.